The first-order valence-corrected chi connectivity index (χ1v) is 11.4. The minimum Gasteiger partial charge on any atom is -0.459 e. The number of nitriles is 1. The lowest BCUT2D eigenvalue weighted by Gasteiger charge is -2.34. The Bertz CT molecular complexity index is 1390. The Hall–Kier alpha value is -4.52. The number of carbonyl (C=O) groups excluding carboxylic acids is 1. The molecule has 4 aromatic rings. The molecule has 1 amide bonds. The minimum atomic E-state index is -0.817. The molecular weight excluding hydrogens is 468 g/mol. The summed E-state index contributed by atoms with van der Waals surface area (Å²) in [5.74, 6) is -1.28. The molecule has 1 aromatic carbocycles. The zero-order valence-electron chi connectivity index (χ0n) is 19.1. The Kier molecular flexibility index (Phi) is 6.45. The van der Waals surface area contributed by atoms with Gasteiger partial charge in [-0.15, -0.1) is 0 Å². The predicted molar refractivity (Wildman–Crippen MR) is 126 cm³/mol. The third-order valence-electron chi connectivity index (χ3n) is 6.09. The number of halogens is 2. The van der Waals surface area contributed by atoms with Gasteiger partial charge in [0.15, 0.2) is 5.76 Å². The van der Waals surface area contributed by atoms with Crippen LogP contribution in [0.2, 0.25) is 0 Å². The maximum Gasteiger partial charge on any atom is 0.266 e. The number of amides is 1. The second kappa shape index (κ2) is 10.00. The summed E-state index contributed by atoms with van der Waals surface area (Å²) in [7, 11) is 0. The Morgan fingerprint density at radius 3 is 2.67 bits per heavy atom. The summed E-state index contributed by atoms with van der Waals surface area (Å²) in [4.78, 5) is 25.2. The van der Waals surface area contributed by atoms with E-state index in [0.717, 1.165) is 12.1 Å². The zero-order valence-corrected chi connectivity index (χ0v) is 19.1. The van der Waals surface area contributed by atoms with Crippen LogP contribution >= 0.6 is 0 Å². The van der Waals surface area contributed by atoms with E-state index in [1.807, 2.05) is 11.0 Å². The molecule has 3 aromatic heterocycles. The van der Waals surface area contributed by atoms with E-state index in [4.69, 9.17) is 8.83 Å². The molecule has 5 rings (SSSR count). The van der Waals surface area contributed by atoms with Crippen molar-refractivity contribution >= 4 is 17.5 Å². The van der Waals surface area contributed by atoms with E-state index in [1.54, 1.807) is 36.5 Å². The van der Waals surface area contributed by atoms with Crippen LogP contribution in [0.4, 0.5) is 20.4 Å². The molecule has 0 aliphatic carbocycles. The molecule has 0 atom stereocenters. The van der Waals surface area contributed by atoms with Crippen molar-refractivity contribution in [3.05, 3.63) is 84.0 Å². The van der Waals surface area contributed by atoms with Crippen molar-refractivity contribution < 1.29 is 22.4 Å². The van der Waals surface area contributed by atoms with Crippen LogP contribution < -0.4 is 9.80 Å². The molecule has 0 unspecified atom stereocenters. The van der Waals surface area contributed by atoms with Gasteiger partial charge in [0.25, 0.3) is 5.89 Å². The Morgan fingerprint density at radius 2 is 2.00 bits per heavy atom. The van der Waals surface area contributed by atoms with Crippen LogP contribution in [0.1, 0.15) is 24.2 Å². The Morgan fingerprint density at radius 1 is 1.17 bits per heavy atom. The van der Waals surface area contributed by atoms with Gasteiger partial charge < -0.3 is 18.6 Å². The van der Waals surface area contributed by atoms with Crippen LogP contribution in [0.25, 0.3) is 11.7 Å². The van der Waals surface area contributed by atoms with Crippen molar-refractivity contribution in [2.75, 3.05) is 22.9 Å². The van der Waals surface area contributed by atoms with Crippen molar-refractivity contribution in [3.8, 4) is 17.7 Å². The minimum absolute atomic E-state index is 0.000395. The van der Waals surface area contributed by atoms with Gasteiger partial charge in [0.2, 0.25) is 17.5 Å². The quantitative estimate of drug-likeness (QED) is 0.379. The highest BCUT2D eigenvalue weighted by Gasteiger charge is 2.33. The molecule has 1 aliphatic heterocycles. The van der Waals surface area contributed by atoms with Gasteiger partial charge in [0.1, 0.15) is 17.7 Å². The second-order valence-electron chi connectivity index (χ2n) is 8.36. The topological polar surface area (TPSA) is 99.4 Å². The molecule has 0 N–H and O–H groups in total. The summed E-state index contributed by atoms with van der Waals surface area (Å²) in [6.45, 7) is 0.915. The number of nitrogens with zero attached hydrogens (tertiary/aromatic N) is 5. The number of anilines is 2. The third-order valence-corrected chi connectivity index (χ3v) is 6.09. The first-order valence-electron chi connectivity index (χ1n) is 11.4. The van der Waals surface area contributed by atoms with Gasteiger partial charge in [0.05, 0.1) is 24.2 Å². The van der Waals surface area contributed by atoms with E-state index in [-0.39, 0.29) is 29.7 Å². The van der Waals surface area contributed by atoms with Crippen LogP contribution in [0.3, 0.4) is 0 Å². The number of furan rings is 1. The lowest BCUT2D eigenvalue weighted by molar-refractivity contribution is -0.123. The van der Waals surface area contributed by atoms with E-state index in [1.165, 1.54) is 17.2 Å². The smallest absolute Gasteiger partial charge is 0.266 e. The summed E-state index contributed by atoms with van der Waals surface area (Å²) in [6.07, 6.45) is 3.98. The summed E-state index contributed by atoms with van der Waals surface area (Å²) >= 11 is 0. The normalized spacial score (nSPS) is 14.0. The largest absolute Gasteiger partial charge is 0.459 e. The van der Waals surface area contributed by atoms with Gasteiger partial charge in [-0.25, -0.2) is 8.78 Å². The highest BCUT2D eigenvalue weighted by atomic mass is 19.1. The van der Waals surface area contributed by atoms with Crippen molar-refractivity contribution in [2.24, 2.45) is 5.92 Å². The predicted octanol–water partition coefficient (Wildman–Crippen LogP) is 4.93. The molecule has 4 heterocycles. The highest BCUT2D eigenvalue weighted by Crippen LogP contribution is 2.33. The lowest BCUT2D eigenvalue weighted by atomic mass is 9.94. The summed E-state index contributed by atoms with van der Waals surface area (Å²) in [6, 6.07) is 13.9. The fraction of sp³-hybridized carbons (Fsp3) is 0.231. The van der Waals surface area contributed by atoms with Crippen molar-refractivity contribution in [1.29, 1.82) is 5.26 Å². The molecular formula is C26H21F2N5O3. The van der Waals surface area contributed by atoms with Crippen LogP contribution in [-0.4, -0.2) is 29.0 Å². The second-order valence-corrected chi connectivity index (χ2v) is 8.36. The summed E-state index contributed by atoms with van der Waals surface area (Å²) in [5.41, 5.74) is 0.716. The van der Waals surface area contributed by atoms with Crippen molar-refractivity contribution in [2.45, 2.75) is 19.4 Å². The van der Waals surface area contributed by atoms with Crippen LogP contribution in [0.15, 0.2) is 69.8 Å². The number of rotatable bonds is 6. The van der Waals surface area contributed by atoms with Crippen molar-refractivity contribution in [1.82, 2.24) is 9.97 Å². The molecule has 1 saturated heterocycles. The van der Waals surface area contributed by atoms with Gasteiger partial charge in [0, 0.05) is 31.3 Å². The number of hydrogen-bond acceptors (Lipinski definition) is 7. The zero-order chi connectivity index (χ0) is 25.1. The summed E-state index contributed by atoms with van der Waals surface area (Å²) in [5, 5.41) is 9.53. The Balaban J connectivity index is 1.34. The fourth-order valence-corrected chi connectivity index (χ4v) is 4.29. The molecule has 1 aliphatic rings. The molecule has 36 heavy (non-hydrogen) atoms. The van der Waals surface area contributed by atoms with Gasteiger partial charge in [-0.1, -0.05) is 6.07 Å². The number of hydrogen-bond donors (Lipinski definition) is 0. The molecule has 182 valence electrons. The lowest BCUT2D eigenvalue weighted by Crippen LogP contribution is -2.43. The average Bonchev–Trinajstić information content (AvgIpc) is 3.58. The SMILES string of the molecule is N#Cc1nc(-c2ccco2)oc1N1CCC(C(=O)N(Cc2ccccn2)c2ccc(F)cc2F)CC1. The molecule has 0 saturated carbocycles. The molecule has 8 nitrogen and oxygen atoms in total. The highest BCUT2D eigenvalue weighted by molar-refractivity contribution is 5.95. The number of carbonyl (C=O) groups is 1. The van der Waals surface area contributed by atoms with E-state index in [0.29, 0.717) is 43.3 Å². The molecule has 0 spiro atoms. The first-order chi connectivity index (χ1) is 17.5. The van der Waals surface area contributed by atoms with Crippen molar-refractivity contribution in [3.63, 3.8) is 0 Å². The first kappa shape index (κ1) is 23.2. The van der Waals surface area contributed by atoms with Crippen LogP contribution in [-0.2, 0) is 11.3 Å². The average molecular weight is 489 g/mol. The van der Waals surface area contributed by atoms with Gasteiger partial charge in [-0.2, -0.15) is 10.2 Å². The van der Waals surface area contributed by atoms with E-state index < -0.39 is 17.6 Å². The Labute approximate surface area is 205 Å². The van der Waals surface area contributed by atoms with Gasteiger partial charge >= 0.3 is 0 Å². The number of piperidine rings is 1. The standard InChI is InChI=1S/C26H21F2N5O3/c27-18-6-7-22(20(28)14-18)33(16-19-4-1-2-10-30-19)25(34)17-8-11-32(12-9-17)26-21(15-29)31-24(36-26)23-5-3-13-35-23/h1-7,10,13-14,17H,8-9,11-12,16H2. The monoisotopic (exact) mass is 489 g/mol. The molecule has 0 radical (unpaired) electrons. The number of oxazole rings is 1. The third kappa shape index (κ3) is 4.68. The van der Waals surface area contributed by atoms with Crippen LogP contribution in [0, 0.1) is 28.9 Å². The number of pyridine rings is 1. The molecule has 10 heteroatoms. The maximum atomic E-state index is 14.7. The van der Waals surface area contributed by atoms with Gasteiger partial charge in [-0.05, 0) is 49.2 Å². The summed E-state index contributed by atoms with van der Waals surface area (Å²) < 4.78 is 39.4. The molecule has 1 fully saturated rings. The fourth-order valence-electron chi connectivity index (χ4n) is 4.29. The van der Waals surface area contributed by atoms with Crippen LogP contribution in [0.5, 0.6) is 0 Å². The van der Waals surface area contributed by atoms with E-state index in [2.05, 4.69) is 9.97 Å². The number of aromatic nitrogens is 2. The molecule has 0 bridgehead atoms. The van der Waals surface area contributed by atoms with Gasteiger partial charge in [-0.3, -0.25) is 9.78 Å². The van der Waals surface area contributed by atoms with E-state index >= 15 is 0 Å². The number of benzene rings is 1. The van der Waals surface area contributed by atoms with E-state index in [9.17, 15) is 18.8 Å². The maximum absolute atomic E-state index is 14.7.